The number of aryl methyl sites for hydroxylation is 1. The molecule has 0 saturated carbocycles. The minimum atomic E-state index is -0.497. The number of methoxy groups -OCH3 is 3. The van der Waals surface area contributed by atoms with Gasteiger partial charge in [-0.2, -0.15) is 0 Å². The topological polar surface area (TPSA) is 118 Å². The number of rotatable bonds is 9. The molecule has 0 atom stereocenters. The maximum atomic E-state index is 13.2. The fraction of sp³-hybridized carbons (Fsp3) is 0.364. The van der Waals surface area contributed by atoms with Crippen LogP contribution in [0.15, 0.2) is 33.2 Å². The summed E-state index contributed by atoms with van der Waals surface area (Å²) in [5.41, 5.74) is 0.198. The molecular weight excluding hydrogens is 462 g/mol. The number of benzene rings is 1. The Morgan fingerprint density at radius 2 is 1.82 bits per heavy atom. The van der Waals surface area contributed by atoms with Crippen molar-refractivity contribution in [2.45, 2.75) is 32.9 Å². The monoisotopic (exact) mass is 487 g/mol. The van der Waals surface area contributed by atoms with Gasteiger partial charge in [0.2, 0.25) is 17.4 Å². The number of nitrogens with one attached hydrogen (secondary N) is 1. The van der Waals surface area contributed by atoms with Crippen LogP contribution >= 0.6 is 11.3 Å². The van der Waals surface area contributed by atoms with E-state index in [2.05, 4.69) is 10.4 Å². The molecule has 1 aromatic carbocycles. The van der Waals surface area contributed by atoms with Crippen LogP contribution in [0.2, 0.25) is 0 Å². The van der Waals surface area contributed by atoms with Gasteiger partial charge in [0.15, 0.2) is 11.5 Å². The SMILES string of the molecule is CCCCn1c(=O)c2sccc2n2c(=O)n(CC(=O)Nc3cc(OC)c(OC)c(OC)c3)nc12. The van der Waals surface area contributed by atoms with Crippen molar-refractivity contribution in [2.24, 2.45) is 0 Å². The normalized spacial score (nSPS) is 11.2. The summed E-state index contributed by atoms with van der Waals surface area (Å²) in [5.74, 6) is 0.881. The second kappa shape index (κ2) is 9.59. The summed E-state index contributed by atoms with van der Waals surface area (Å²) in [5, 5.41) is 8.82. The molecule has 3 heterocycles. The van der Waals surface area contributed by atoms with E-state index in [0.717, 1.165) is 17.5 Å². The molecule has 4 aromatic rings. The molecule has 34 heavy (non-hydrogen) atoms. The van der Waals surface area contributed by atoms with E-state index >= 15 is 0 Å². The first-order valence-electron chi connectivity index (χ1n) is 10.6. The van der Waals surface area contributed by atoms with Gasteiger partial charge in [-0.05, 0) is 17.9 Å². The maximum Gasteiger partial charge on any atom is 0.352 e. The van der Waals surface area contributed by atoms with Crippen LogP contribution in [0, 0.1) is 0 Å². The number of fused-ring (bicyclic) bond motifs is 3. The molecule has 12 heteroatoms. The van der Waals surface area contributed by atoms with Crippen LogP contribution in [-0.4, -0.2) is 46.0 Å². The largest absolute Gasteiger partial charge is 0.493 e. The summed E-state index contributed by atoms with van der Waals surface area (Å²) >= 11 is 1.28. The number of nitrogens with zero attached hydrogens (tertiary/aromatic N) is 4. The summed E-state index contributed by atoms with van der Waals surface area (Å²) in [7, 11) is 4.43. The zero-order valence-electron chi connectivity index (χ0n) is 19.3. The fourth-order valence-corrected chi connectivity index (χ4v) is 4.57. The lowest BCUT2D eigenvalue weighted by Crippen LogP contribution is -2.29. The minimum absolute atomic E-state index is 0.190. The third-order valence-corrected chi connectivity index (χ3v) is 6.26. The zero-order chi connectivity index (χ0) is 24.4. The summed E-state index contributed by atoms with van der Waals surface area (Å²) in [6, 6.07) is 4.88. The van der Waals surface area contributed by atoms with E-state index in [1.807, 2.05) is 6.92 Å². The summed E-state index contributed by atoms with van der Waals surface area (Å²) in [6.45, 7) is 2.11. The van der Waals surface area contributed by atoms with Gasteiger partial charge in [0, 0.05) is 24.4 Å². The van der Waals surface area contributed by atoms with Gasteiger partial charge in [0.1, 0.15) is 11.2 Å². The number of carbonyl (C=O) groups is 1. The van der Waals surface area contributed by atoms with Crippen LogP contribution in [-0.2, 0) is 17.9 Å². The number of carbonyl (C=O) groups excluding carboxylic acids is 1. The highest BCUT2D eigenvalue weighted by atomic mass is 32.1. The number of hydrogen-bond donors (Lipinski definition) is 1. The summed E-state index contributed by atoms with van der Waals surface area (Å²) in [6.07, 6.45) is 1.64. The zero-order valence-corrected chi connectivity index (χ0v) is 20.1. The van der Waals surface area contributed by atoms with Gasteiger partial charge >= 0.3 is 5.69 Å². The van der Waals surface area contributed by atoms with E-state index in [1.165, 1.54) is 41.6 Å². The number of hydrogen-bond acceptors (Lipinski definition) is 8. The Morgan fingerprint density at radius 1 is 1.12 bits per heavy atom. The first-order chi connectivity index (χ1) is 16.4. The molecule has 0 saturated heterocycles. The molecule has 11 nitrogen and oxygen atoms in total. The van der Waals surface area contributed by atoms with Crippen molar-refractivity contribution in [3.8, 4) is 17.2 Å². The smallest absolute Gasteiger partial charge is 0.352 e. The highest BCUT2D eigenvalue weighted by molar-refractivity contribution is 7.17. The van der Waals surface area contributed by atoms with Crippen LogP contribution in [0.5, 0.6) is 17.2 Å². The first-order valence-corrected chi connectivity index (χ1v) is 11.5. The molecule has 0 aliphatic heterocycles. The summed E-state index contributed by atoms with van der Waals surface area (Å²) < 4.78 is 20.3. The van der Waals surface area contributed by atoms with Crippen LogP contribution < -0.4 is 30.8 Å². The lowest BCUT2D eigenvalue weighted by atomic mass is 10.2. The molecule has 1 N–H and O–H groups in total. The molecule has 1 amide bonds. The van der Waals surface area contributed by atoms with Gasteiger partial charge in [-0.25, -0.2) is 13.9 Å². The van der Waals surface area contributed by atoms with E-state index in [9.17, 15) is 14.4 Å². The van der Waals surface area contributed by atoms with E-state index in [-0.39, 0.29) is 17.9 Å². The van der Waals surface area contributed by atoms with Crippen LogP contribution in [0.1, 0.15) is 19.8 Å². The van der Waals surface area contributed by atoms with Gasteiger partial charge in [-0.1, -0.05) is 13.3 Å². The molecule has 3 aromatic heterocycles. The molecular formula is C22H25N5O6S. The van der Waals surface area contributed by atoms with Crippen molar-refractivity contribution < 1.29 is 19.0 Å². The number of thiophene rings is 1. The highest BCUT2D eigenvalue weighted by Crippen LogP contribution is 2.39. The average molecular weight is 488 g/mol. The Bertz CT molecular complexity index is 1460. The average Bonchev–Trinajstić information content (AvgIpc) is 3.43. The standard InChI is InChI=1S/C22H25N5O6S/c1-5-6-8-25-20(29)19-14(7-9-34-19)27-21(25)24-26(22(27)30)12-17(28)23-13-10-15(31-2)18(33-4)16(11-13)32-3/h7,9-11H,5-6,8,12H2,1-4H3,(H,23,28). The summed E-state index contributed by atoms with van der Waals surface area (Å²) in [4.78, 5) is 38.9. The predicted octanol–water partition coefficient (Wildman–Crippen LogP) is 2.34. The van der Waals surface area contributed by atoms with Gasteiger partial charge in [-0.15, -0.1) is 16.4 Å². The first kappa shape index (κ1) is 23.4. The molecule has 0 aliphatic carbocycles. The molecule has 0 bridgehead atoms. The quantitative estimate of drug-likeness (QED) is 0.385. The van der Waals surface area contributed by atoms with Crippen LogP contribution in [0.3, 0.4) is 0 Å². The van der Waals surface area contributed by atoms with E-state index in [0.29, 0.717) is 39.7 Å². The van der Waals surface area contributed by atoms with Crippen molar-refractivity contribution in [1.29, 1.82) is 0 Å². The van der Waals surface area contributed by atoms with Crippen LogP contribution in [0.4, 0.5) is 5.69 Å². The van der Waals surface area contributed by atoms with Crippen molar-refractivity contribution in [1.82, 2.24) is 18.7 Å². The third kappa shape index (κ3) is 4.00. The number of aromatic nitrogens is 4. The number of ether oxygens (including phenoxy) is 3. The number of amides is 1. The number of unbranched alkanes of at least 4 members (excludes halogenated alkanes) is 1. The Balaban J connectivity index is 1.70. The second-order valence-corrected chi connectivity index (χ2v) is 8.40. The van der Waals surface area contributed by atoms with Gasteiger partial charge in [0.25, 0.3) is 5.56 Å². The van der Waals surface area contributed by atoms with E-state index in [1.54, 1.807) is 23.6 Å². The van der Waals surface area contributed by atoms with Crippen molar-refractivity contribution in [3.63, 3.8) is 0 Å². The van der Waals surface area contributed by atoms with Crippen molar-refractivity contribution in [3.05, 3.63) is 44.4 Å². The molecule has 0 radical (unpaired) electrons. The Hall–Kier alpha value is -3.80. The maximum absolute atomic E-state index is 13.2. The van der Waals surface area contributed by atoms with E-state index < -0.39 is 11.6 Å². The Labute approximate surface area is 198 Å². The molecule has 0 unspecified atom stereocenters. The lowest BCUT2D eigenvalue weighted by molar-refractivity contribution is -0.117. The van der Waals surface area contributed by atoms with Gasteiger partial charge in [0.05, 0.1) is 26.8 Å². The second-order valence-electron chi connectivity index (χ2n) is 7.48. The van der Waals surface area contributed by atoms with E-state index in [4.69, 9.17) is 14.2 Å². The van der Waals surface area contributed by atoms with Gasteiger partial charge in [-0.3, -0.25) is 14.2 Å². The lowest BCUT2D eigenvalue weighted by Gasteiger charge is -2.14. The number of anilines is 1. The molecule has 0 spiro atoms. The Morgan fingerprint density at radius 3 is 2.44 bits per heavy atom. The van der Waals surface area contributed by atoms with Crippen molar-refractivity contribution in [2.75, 3.05) is 26.6 Å². The highest BCUT2D eigenvalue weighted by Gasteiger charge is 2.20. The Kier molecular flexibility index (Phi) is 6.59. The van der Waals surface area contributed by atoms with Crippen molar-refractivity contribution >= 4 is 38.9 Å². The predicted molar refractivity (Wildman–Crippen MR) is 129 cm³/mol. The minimum Gasteiger partial charge on any atom is -0.493 e. The molecule has 0 fully saturated rings. The molecule has 180 valence electrons. The molecule has 0 aliphatic rings. The van der Waals surface area contributed by atoms with Gasteiger partial charge < -0.3 is 19.5 Å². The van der Waals surface area contributed by atoms with Crippen LogP contribution in [0.25, 0.3) is 16.0 Å². The fourth-order valence-electron chi connectivity index (χ4n) is 3.74. The third-order valence-electron chi connectivity index (χ3n) is 5.37. The molecule has 4 rings (SSSR count).